The van der Waals surface area contributed by atoms with E-state index in [9.17, 15) is 18.0 Å². The number of carbonyl (C=O) groups is 2. The Balaban J connectivity index is 1.58. The Labute approximate surface area is 218 Å². The molecule has 0 saturated heterocycles. The van der Waals surface area contributed by atoms with Gasteiger partial charge in [-0.1, -0.05) is 50.1 Å². The Morgan fingerprint density at radius 2 is 1.76 bits per heavy atom. The van der Waals surface area contributed by atoms with Gasteiger partial charge in [0.2, 0.25) is 28.6 Å². The molecular weight excluding hydrogens is 494 g/mol. The normalized spacial score (nSPS) is 15.8. The summed E-state index contributed by atoms with van der Waals surface area (Å²) in [6, 6.07) is 13.9. The molecule has 1 unspecified atom stereocenters. The van der Waals surface area contributed by atoms with E-state index in [1.807, 2.05) is 37.3 Å². The van der Waals surface area contributed by atoms with Crippen molar-refractivity contribution in [3.05, 3.63) is 54.1 Å². The molecule has 2 aliphatic rings. The molecule has 1 fully saturated rings. The van der Waals surface area contributed by atoms with Crippen molar-refractivity contribution < 1.29 is 27.5 Å². The Morgan fingerprint density at radius 1 is 1.05 bits per heavy atom. The third kappa shape index (κ3) is 6.74. The molecule has 10 heteroatoms. The van der Waals surface area contributed by atoms with E-state index in [4.69, 9.17) is 9.47 Å². The number of hydrogen-bond donors (Lipinski definition) is 1. The van der Waals surface area contributed by atoms with Crippen molar-refractivity contribution in [3.8, 4) is 11.5 Å². The van der Waals surface area contributed by atoms with Gasteiger partial charge in [-0.2, -0.15) is 0 Å². The average molecular weight is 530 g/mol. The van der Waals surface area contributed by atoms with Crippen LogP contribution < -0.4 is 19.1 Å². The van der Waals surface area contributed by atoms with Crippen LogP contribution >= 0.6 is 0 Å². The summed E-state index contributed by atoms with van der Waals surface area (Å²) in [5.41, 5.74) is 1.33. The van der Waals surface area contributed by atoms with Crippen molar-refractivity contribution in [3.63, 3.8) is 0 Å². The highest BCUT2D eigenvalue weighted by Gasteiger charge is 2.33. The fraction of sp³-hybridized carbons (Fsp3) is 0.481. The monoisotopic (exact) mass is 529 g/mol. The third-order valence-electron chi connectivity index (χ3n) is 6.90. The minimum Gasteiger partial charge on any atom is -0.454 e. The first-order chi connectivity index (χ1) is 17.8. The van der Waals surface area contributed by atoms with Crippen LogP contribution in [0.5, 0.6) is 11.5 Å². The van der Waals surface area contributed by atoms with Gasteiger partial charge in [-0.05, 0) is 43.4 Å². The Morgan fingerprint density at radius 3 is 2.43 bits per heavy atom. The van der Waals surface area contributed by atoms with Gasteiger partial charge in [0.05, 0.1) is 11.9 Å². The van der Waals surface area contributed by atoms with E-state index < -0.39 is 28.5 Å². The number of ether oxygens (including phenoxy) is 2. The molecule has 4 rings (SSSR count). The van der Waals surface area contributed by atoms with E-state index in [0.717, 1.165) is 41.8 Å². The number of sulfonamides is 1. The number of hydrogen-bond acceptors (Lipinski definition) is 6. The van der Waals surface area contributed by atoms with Crippen molar-refractivity contribution in [2.75, 3.05) is 30.4 Å². The van der Waals surface area contributed by atoms with Crippen LogP contribution in [0.2, 0.25) is 0 Å². The van der Waals surface area contributed by atoms with Crippen molar-refractivity contribution in [2.45, 2.75) is 57.5 Å². The number of carbonyl (C=O) groups excluding carboxylic acids is 2. The number of nitrogens with one attached hydrogen (secondary N) is 1. The van der Waals surface area contributed by atoms with E-state index in [1.54, 1.807) is 18.2 Å². The summed E-state index contributed by atoms with van der Waals surface area (Å²) in [7, 11) is -3.81. The zero-order valence-corrected chi connectivity index (χ0v) is 22.2. The van der Waals surface area contributed by atoms with Crippen LogP contribution in [0.15, 0.2) is 48.5 Å². The maximum absolute atomic E-state index is 13.8. The number of amides is 2. The lowest BCUT2D eigenvalue weighted by Gasteiger charge is -2.33. The molecule has 200 valence electrons. The molecule has 37 heavy (non-hydrogen) atoms. The van der Waals surface area contributed by atoms with Crippen molar-refractivity contribution in [1.82, 2.24) is 10.2 Å². The highest BCUT2D eigenvalue weighted by atomic mass is 32.2. The summed E-state index contributed by atoms with van der Waals surface area (Å²) >= 11 is 0. The molecule has 2 aromatic carbocycles. The van der Waals surface area contributed by atoms with Gasteiger partial charge in [0.1, 0.15) is 12.6 Å². The van der Waals surface area contributed by atoms with E-state index in [0.29, 0.717) is 30.0 Å². The van der Waals surface area contributed by atoms with E-state index in [-0.39, 0.29) is 25.3 Å². The molecule has 1 N–H and O–H groups in total. The molecule has 1 saturated carbocycles. The van der Waals surface area contributed by atoms with Gasteiger partial charge in [-0.15, -0.1) is 0 Å². The highest BCUT2D eigenvalue weighted by molar-refractivity contribution is 7.92. The largest absolute Gasteiger partial charge is 0.454 e. The van der Waals surface area contributed by atoms with Gasteiger partial charge in [0, 0.05) is 18.7 Å². The molecule has 0 aromatic heterocycles. The number of benzene rings is 2. The first kappa shape index (κ1) is 26.8. The quantitative estimate of drug-likeness (QED) is 0.480. The molecule has 2 aromatic rings. The van der Waals surface area contributed by atoms with E-state index in [2.05, 4.69) is 5.32 Å². The first-order valence-corrected chi connectivity index (χ1v) is 14.6. The molecule has 1 aliphatic carbocycles. The SMILES string of the molecule is CCC(C(=O)NC1CCCC1)N(CCc1ccccc1)C(=O)CN(c1ccc2c(c1)OCO2)S(C)(=O)=O. The minimum atomic E-state index is -3.81. The van der Waals surface area contributed by atoms with Gasteiger partial charge < -0.3 is 19.7 Å². The van der Waals surface area contributed by atoms with E-state index in [1.165, 1.54) is 4.90 Å². The summed E-state index contributed by atoms with van der Waals surface area (Å²) in [6.07, 6.45) is 6.06. The maximum Gasteiger partial charge on any atom is 0.244 e. The molecule has 1 atom stereocenters. The number of anilines is 1. The number of fused-ring (bicyclic) bond motifs is 1. The van der Waals surface area contributed by atoms with Gasteiger partial charge in [0.15, 0.2) is 11.5 Å². The number of nitrogens with zero attached hydrogens (tertiary/aromatic N) is 2. The lowest BCUT2D eigenvalue weighted by molar-refractivity contribution is -0.139. The van der Waals surface area contributed by atoms with Crippen LogP contribution in [0.3, 0.4) is 0 Å². The summed E-state index contributed by atoms with van der Waals surface area (Å²) in [5, 5.41) is 3.11. The van der Waals surface area contributed by atoms with Gasteiger partial charge in [0.25, 0.3) is 0 Å². The Bertz CT molecular complexity index is 1200. The smallest absolute Gasteiger partial charge is 0.244 e. The zero-order valence-electron chi connectivity index (χ0n) is 21.4. The summed E-state index contributed by atoms with van der Waals surface area (Å²) in [5.74, 6) is 0.307. The second-order valence-corrected chi connectivity index (χ2v) is 11.5. The standard InChI is InChI=1S/C27H35N3O6S/c1-3-23(27(32)28-21-11-7-8-12-21)29(16-15-20-9-5-4-6-10-20)26(31)18-30(37(2,33)34)22-13-14-24-25(17-22)36-19-35-24/h4-6,9-10,13-14,17,21,23H,3,7-8,11-12,15-16,18-19H2,1-2H3,(H,28,32). The van der Waals surface area contributed by atoms with Gasteiger partial charge in [-0.25, -0.2) is 8.42 Å². The predicted octanol–water partition coefficient (Wildman–Crippen LogP) is 3.09. The lowest BCUT2D eigenvalue weighted by atomic mass is 10.1. The Hall–Kier alpha value is -3.27. The van der Waals surface area contributed by atoms with E-state index >= 15 is 0 Å². The predicted molar refractivity (Wildman–Crippen MR) is 141 cm³/mol. The van der Waals surface area contributed by atoms with Crippen LogP contribution in [0, 0.1) is 0 Å². The van der Waals surface area contributed by atoms with Crippen LogP contribution in [0.1, 0.15) is 44.6 Å². The molecular formula is C27H35N3O6S. The Kier molecular flexibility index (Phi) is 8.58. The fourth-order valence-corrected chi connectivity index (χ4v) is 5.76. The topological polar surface area (TPSA) is 105 Å². The number of rotatable bonds is 11. The van der Waals surface area contributed by atoms with Crippen molar-refractivity contribution >= 4 is 27.5 Å². The van der Waals surface area contributed by atoms with Crippen molar-refractivity contribution in [1.29, 1.82) is 0 Å². The van der Waals surface area contributed by atoms with Crippen LogP contribution in [-0.2, 0) is 26.0 Å². The molecule has 1 heterocycles. The van der Waals surface area contributed by atoms with Crippen molar-refractivity contribution in [2.24, 2.45) is 0 Å². The molecule has 9 nitrogen and oxygen atoms in total. The van der Waals surface area contributed by atoms with Gasteiger partial charge in [-0.3, -0.25) is 13.9 Å². The second-order valence-electron chi connectivity index (χ2n) is 9.54. The second kappa shape index (κ2) is 11.9. The maximum atomic E-state index is 13.8. The fourth-order valence-electron chi connectivity index (χ4n) is 4.92. The lowest BCUT2D eigenvalue weighted by Crippen LogP contribution is -2.54. The summed E-state index contributed by atoms with van der Waals surface area (Å²) in [4.78, 5) is 28.6. The summed E-state index contributed by atoms with van der Waals surface area (Å²) in [6.45, 7) is 1.78. The molecule has 2 amide bonds. The van der Waals surface area contributed by atoms with Crippen LogP contribution in [0.4, 0.5) is 5.69 Å². The molecule has 1 aliphatic heterocycles. The third-order valence-corrected chi connectivity index (χ3v) is 8.04. The first-order valence-electron chi connectivity index (χ1n) is 12.8. The molecule has 0 bridgehead atoms. The minimum absolute atomic E-state index is 0.0537. The van der Waals surface area contributed by atoms with Crippen LogP contribution in [0.25, 0.3) is 0 Å². The highest BCUT2D eigenvalue weighted by Crippen LogP contribution is 2.36. The van der Waals surface area contributed by atoms with Crippen LogP contribution in [-0.4, -0.2) is 63.4 Å². The molecule has 0 spiro atoms. The van der Waals surface area contributed by atoms with Gasteiger partial charge >= 0.3 is 0 Å². The summed E-state index contributed by atoms with van der Waals surface area (Å²) < 4.78 is 37.3. The average Bonchev–Trinajstić information content (AvgIpc) is 3.56. The zero-order chi connectivity index (χ0) is 26.4. The molecule has 0 radical (unpaired) electrons.